The maximum Gasteiger partial charge on any atom is 0.407 e. The van der Waals surface area contributed by atoms with Crippen LogP contribution < -0.4 is 16.4 Å². The summed E-state index contributed by atoms with van der Waals surface area (Å²) in [4.78, 5) is 11.4. The van der Waals surface area contributed by atoms with E-state index < -0.39 is 5.60 Å². The minimum Gasteiger partial charge on any atom is -0.444 e. The van der Waals surface area contributed by atoms with Gasteiger partial charge in [-0.05, 0) is 40.5 Å². The zero-order valence-electron chi connectivity index (χ0n) is 11.2. The molecule has 4 N–H and O–H groups in total. The van der Waals surface area contributed by atoms with Crippen molar-refractivity contribution in [3.05, 3.63) is 0 Å². The van der Waals surface area contributed by atoms with Crippen molar-refractivity contribution in [2.75, 3.05) is 6.54 Å². The highest BCUT2D eigenvalue weighted by Gasteiger charge is 2.26. The number of ether oxygens (including phenoxy) is 1. The highest BCUT2D eigenvalue weighted by atomic mass is 16.6. The fourth-order valence-corrected chi connectivity index (χ4v) is 1.81. The summed E-state index contributed by atoms with van der Waals surface area (Å²) < 4.78 is 5.15. The normalized spacial score (nSPS) is 25.9. The molecule has 0 spiro atoms. The first-order valence-electron chi connectivity index (χ1n) is 6.25. The fourth-order valence-electron chi connectivity index (χ4n) is 1.81. The Hall–Kier alpha value is -0.810. The van der Waals surface area contributed by atoms with Crippen LogP contribution in [0.1, 0.15) is 40.5 Å². The van der Waals surface area contributed by atoms with Crippen molar-refractivity contribution in [2.24, 2.45) is 5.73 Å². The molecular weight excluding hydrogens is 218 g/mol. The SMILES string of the molecule is CC(CNC(=O)OC(C)(C)C)NC1CC(N)C1. The zero-order valence-corrected chi connectivity index (χ0v) is 11.2. The van der Waals surface area contributed by atoms with Gasteiger partial charge in [-0.25, -0.2) is 4.79 Å². The topological polar surface area (TPSA) is 76.4 Å². The number of hydrogen-bond acceptors (Lipinski definition) is 4. The molecule has 0 aromatic heterocycles. The Morgan fingerprint density at radius 2 is 2.06 bits per heavy atom. The second-order valence-corrected chi connectivity index (χ2v) is 5.88. The molecule has 1 amide bonds. The molecule has 1 unspecified atom stereocenters. The van der Waals surface area contributed by atoms with Gasteiger partial charge in [0.2, 0.25) is 0 Å². The van der Waals surface area contributed by atoms with Crippen molar-refractivity contribution >= 4 is 6.09 Å². The third-order valence-electron chi connectivity index (χ3n) is 2.65. The van der Waals surface area contributed by atoms with Gasteiger partial charge in [0.25, 0.3) is 0 Å². The number of amides is 1. The van der Waals surface area contributed by atoms with Gasteiger partial charge in [-0.2, -0.15) is 0 Å². The Morgan fingerprint density at radius 1 is 1.47 bits per heavy atom. The Bertz CT molecular complexity index is 257. The van der Waals surface area contributed by atoms with Gasteiger partial charge in [-0.1, -0.05) is 0 Å². The van der Waals surface area contributed by atoms with Crippen molar-refractivity contribution in [1.29, 1.82) is 0 Å². The minimum atomic E-state index is -0.443. The van der Waals surface area contributed by atoms with E-state index in [9.17, 15) is 4.79 Å². The third kappa shape index (κ3) is 5.89. The Kier molecular flexibility index (Phi) is 4.77. The van der Waals surface area contributed by atoms with Gasteiger partial charge < -0.3 is 21.1 Å². The fraction of sp³-hybridized carbons (Fsp3) is 0.917. The zero-order chi connectivity index (χ0) is 13.1. The molecule has 0 aliphatic heterocycles. The lowest BCUT2D eigenvalue weighted by molar-refractivity contribution is 0.0521. The van der Waals surface area contributed by atoms with E-state index in [0.717, 1.165) is 12.8 Å². The first-order chi connectivity index (χ1) is 7.76. The van der Waals surface area contributed by atoms with Crippen LogP contribution in [0.4, 0.5) is 4.79 Å². The van der Waals surface area contributed by atoms with E-state index in [-0.39, 0.29) is 12.1 Å². The van der Waals surface area contributed by atoms with Gasteiger partial charge in [0.05, 0.1) is 0 Å². The monoisotopic (exact) mass is 243 g/mol. The number of carbonyl (C=O) groups excluding carboxylic acids is 1. The number of alkyl carbamates (subject to hydrolysis) is 1. The van der Waals surface area contributed by atoms with Gasteiger partial charge in [0, 0.05) is 24.7 Å². The number of rotatable bonds is 4. The van der Waals surface area contributed by atoms with Crippen LogP contribution in [0.5, 0.6) is 0 Å². The molecule has 1 aliphatic rings. The van der Waals surface area contributed by atoms with E-state index in [2.05, 4.69) is 10.6 Å². The van der Waals surface area contributed by atoms with Crippen LogP contribution in [0.2, 0.25) is 0 Å². The maximum atomic E-state index is 11.4. The summed E-state index contributed by atoms with van der Waals surface area (Å²) in [6, 6.07) is 1.08. The summed E-state index contributed by atoms with van der Waals surface area (Å²) >= 11 is 0. The maximum absolute atomic E-state index is 11.4. The molecule has 1 aliphatic carbocycles. The van der Waals surface area contributed by atoms with Gasteiger partial charge >= 0.3 is 6.09 Å². The van der Waals surface area contributed by atoms with Crippen molar-refractivity contribution in [3.8, 4) is 0 Å². The van der Waals surface area contributed by atoms with Crippen LogP contribution in [-0.2, 0) is 4.74 Å². The van der Waals surface area contributed by atoms with Crippen molar-refractivity contribution in [2.45, 2.75) is 64.3 Å². The highest BCUT2D eigenvalue weighted by Crippen LogP contribution is 2.17. The Balaban J connectivity index is 2.11. The van der Waals surface area contributed by atoms with E-state index in [0.29, 0.717) is 18.6 Å². The van der Waals surface area contributed by atoms with Crippen LogP contribution in [0, 0.1) is 0 Å². The van der Waals surface area contributed by atoms with Gasteiger partial charge in [-0.3, -0.25) is 0 Å². The summed E-state index contributed by atoms with van der Waals surface area (Å²) in [6.45, 7) is 8.17. The molecule has 0 heterocycles. The molecule has 100 valence electrons. The summed E-state index contributed by atoms with van der Waals surface area (Å²) in [7, 11) is 0. The lowest BCUT2D eigenvalue weighted by Crippen LogP contribution is -2.53. The summed E-state index contributed by atoms with van der Waals surface area (Å²) in [5.41, 5.74) is 5.26. The molecule has 0 bridgehead atoms. The molecule has 17 heavy (non-hydrogen) atoms. The van der Waals surface area contributed by atoms with Crippen molar-refractivity contribution in [3.63, 3.8) is 0 Å². The average molecular weight is 243 g/mol. The predicted molar refractivity (Wildman–Crippen MR) is 67.8 cm³/mol. The van der Waals surface area contributed by atoms with Crippen LogP contribution >= 0.6 is 0 Å². The molecule has 1 atom stereocenters. The largest absolute Gasteiger partial charge is 0.444 e. The smallest absolute Gasteiger partial charge is 0.407 e. The van der Waals surface area contributed by atoms with Crippen molar-refractivity contribution < 1.29 is 9.53 Å². The lowest BCUT2D eigenvalue weighted by Gasteiger charge is -2.35. The molecule has 0 aromatic carbocycles. The lowest BCUT2D eigenvalue weighted by atomic mass is 9.87. The molecule has 0 aromatic rings. The van der Waals surface area contributed by atoms with Crippen LogP contribution in [0.25, 0.3) is 0 Å². The average Bonchev–Trinajstić information content (AvgIpc) is 2.09. The predicted octanol–water partition coefficient (Wildman–Crippen LogP) is 0.979. The first-order valence-corrected chi connectivity index (χ1v) is 6.25. The molecule has 0 saturated heterocycles. The summed E-state index contributed by atoms with van der Waals surface area (Å²) in [6.07, 6.45) is 1.68. The van der Waals surface area contributed by atoms with E-state index in [4.69, 9.17) is 10.5 Å². The van der Waals surface area contributed by atoms with Gasteiger partial charge in [0.15, 0.2) is 0 Å². The van der Waals surface area contributed by atoms with Crippen LogP contribution in [0.3, 0.4) is 0 Å². The van der Waals surface area contributed by atoms with Gasteiger partial charge in [-0.15, -0.1) is 0 Å². The number of nitrogens with one attached hydrogen (secondary N) is 2. The molecule has 0 radical (unpaired) electrons. The third-order valence-corrected chi connectivity index (χ3v) is 2.65. The standard InChI is InChI=1S/C12H25N3O2/c1-8(15-10-5-9(13)6-10)7-14-11(16)17-12(2,3)4/h8-10,15H,5-7,13H2,1-4H3,(H,14,16). The molecule has 5 heteroatoms. The molecule has 5 nitrogen and oxygen atoms in total. The van der Waals surface area contributed by atoms with E-state index in [1.165, 1.54) is 0 Å². The quantitative estimate of drug-likeness (QED) is 0.688. The molecule has 1 fully saturated rings. The number of hydrogen-bond donors (Lipinski definition) is 3. The van der Waals surface area contributed by atoms with E-state index >= 15 is 0 Å². The van der Waals surface area contributed by atoms with Crippen LogP contribution in [-0.4, -0.2) is 36.4 Å². The summed E-state index contributed by atoms with van der Waals surface area (Å²) in [5, 5.41) is 6.16. The second-order valence-electron chi connectivity index (χ2n) is 5.88. The molecule has 1 saturated carbocycles. The molecule has 1 rings (SSSR count). The van der Waals surface area contributed by atoms with Crippen LogP contribution in [0.15, 0.2) is 0 Å². The first kappa shape index (κ1) is 14.3. The minimum absolute atomic E-state index is 0.236. The number of carbonyl (C=O) groups is 1. The highest BCUT2D eigenvalue weighted by molar-refractivity contribution is 5.67. The Morgan fingerprint density at radius 3 is 2.53 bits per heavy atom. The van der Waals surface area contributed by atoms with E-state index in [1.807, 2.05) is 27.7 Å². The number of nitrogens with two attached hydrogens (primary N) is 1. The van der Waals surface area contributed by atoms with Gasteiger partial charge in [0.1, 0.15) is 5.60 Å². The van der Waals surface area contributed by atoms with E-state index in [1.54, 1.807) is 0 Å². The second kappa shape index (κ2) is 5.69. The summed E-state index contributed by atoms with van der Waals surface area (Å²) in [5.74, 6) is 0. The Labute approximate surface area is 103 Å². The molecular formula is C12H25N3O2. The van der Waals surface area contributed by atoms with Crippen molar-refractivity contribution in [1.82, 2.24) is 10.6 Å².